The Hall–Kier alpha value is -1.92. The second-order valence-corrected chi connectivity index (χ2v) is 4.27. The number of nitrogens with one attached hydrogen (secondary N) is 1. The van der Waals surface area contributed by atoms with Crippen LogP contribution < -0.4 is 5.32 Å². The Morgan fingerprint density at radius 1 is 1.47 bits per heavy atom. The van der Waals surface area contributed by atoms with Gasteiger partial charge in [0.25, 0.3) is 5.91 Å². The number of aromatic nitrogens is 3. The van der Waals surface area contributed by atoms with Gasteiger partial charge in [0.2, 0.25) is 0 Å². The number of nitrogens with zero attached hydrogens (tertiary/aromatic N) is 4. The summed E-state index contributed by atoms with van der Waals surface area (Å²) in [6.45, 7) is 3.91. The van der Waals surface area contributed by atoms with E-state index in [-0.39, 0.29) is 18.5 Å². The fourth-order valence-corrected chi connectivity index (χ4v) is 1.85. The summed E-state index contributed by atoms with van der Waals surface area (Å²) in [4.78, 5) is 29.0. The third-order valence-corrected chi connectivity index (χ3v) is 3.34. The zero-order valence-electron chi connectivity index (χ0n) is 10.1. The van der Waals surface area contributed by atoms with Crippen molar-refractivity contribution in [2.45, 2.75) is 32.4 Å². The predicted molar refractivity (Wildman–Crippen MR) is 58.8 cm³/mol. The third kappa shape index (κ3) is 1.67. The third-order valence-electron chi connectivity index (χ3n) is 3.34. The molecular weight excluding hydrogens is 222 g/mol. The summed E-state index contributed by atoms with van der Waals surface area (Å²) < 4.78 is 1.59. The van der Waals surface area contributed by atoms with Crippen LogP contribution >= 0.6 is 0 Å². The Morgan fingerprint density at radius 2 is 2.18 bits per heavy atom. The molecule has 92 valence electrons. The van der Waals surface area contributed by atoms with Gasteiger partial charge in [-0.1, -0.05) is 6.92 Å². The van der Waals surface area contributed by atoms with Gasteiger partial charge >= 0.3 is 6.03 Å². The summed E-state index contributed by atoms with van der Waals surface area (Å²) in [5, 5.41) is 6.27. The van der Waals surface area contributed by atoms with E-state index in [2.05, 4.69) is 15.4 Å². The van der Waals surface area contributed by atoms with Gasteiger partial charge in [0, 0.05) is 7.05 Å². The number of aryl methyl sites for hydroxylation is 1. The van der Waals surface area contributed by atoms with Crippen molar-refractivity contribution >= 4 is 11.9 Å². The van der Waals surface area contributed by atoms with Crippen LogP contribution in [0.3, 0.4) is 0 Å². The molecule has 7 heteroatoms. The quantitative estimate of drug-likeness (QED) is 0.752. The fourth-order valence-electron chi connectivity index (χ4n) is 1.85. The number of rotatable bonds is 3. The Labute approximate surface area is 98.8 Å². The Bertz CT molecular complexity index is 469. The summed E-state index contributed by atoms with van der Waals surface area (Å²) in [6.07, 6.45) is 1.98. The molecule has 0 radical (unpaired) electrons. The van der Waals surface area contributed by atoms with Crippen LogP contribution in [0.4, 0.5) is 4.79 Å². The van der Waals surface area contributed by atoms with E-state index in [9.17, 15) is 9.59 Å². The molecule has 1 N–H and O–H groups in total. The van der Waals surface area contributed by atoms with E-state index in [0.29, 0.717) is 12.2 Å². The monoisotopic (exact) mass is 237 g/mol. The molecule has 0 bridgehead atoms. The van der Waals surface area contributed by atoms with Gasteiger partial charge < -0.3 is 4.90 Å². The van der Waals surface area contributed by atoms with Gasteiger partial charge in [-0.3, -0.25) is 14.8 Å². The van der Waals surface area contributed by atoms with E-state index in [1.54, 1.807) is 18.7 Å². The molecule has 0 spiro atoms. The van der Waals surface area contributed by atoms with Gasteiger partial charge in [0.15, 0.2) is 0 Å². The molecule has 1 aromatic heterocycles. The van der Waals surface area contributed by atoms with Crippen LogP contribution in [-0.2, 0) is 18.4 Å². The van der Waals surface area contributed by atoms with Crippen LogP contribution in [0.1, 0.15) is 26.1 Å². The van der Waals surface area contributed by atoms with E-state index >= 15 is 0 Å². The van der Waals surface area contributed by atoms with Crippen molar-refractivity contribution in [2.24, 2.45) is 7.05 Å². The van der Waals surface area contributed by atoms with Crippen molar-refractivity contribution in [2.75, 3.05) is 0 Å². The smallest absolute Gasteiger partial charge is 0.302 e. The first-order valence-corrected chi connectivity index (χ1v) is 5.45. The zero-order chi connectivity index (χ0) is 12.6. The lowest BCUT2D eigenvalue weighted by molar-refractivity contribution is -0.126. The second-order valence-electron chi connectivity index (χ2n) is 4.27. The van der Waals surface area contributed by atoms with E-state index in [1.807, 2.05) is 6.92 Å². The summed E-state index contributed by atoms with van der Waals surface area (Å²) in [5.74, 6) is 0.390. The summed E-state index contributed by atoms with van der Waals surface area (Å²) in [6, 6.07) is -0.373. The first-order chi connectivity index (χ1) is 7.99. The summed E-state index contributed by atoms with van der Waals surface area (Å²) >= 11 is 0. The van der Waals surface area contributed by atoms with Crippen molar-refractivity contribution < 1.29 is 9.59 Å². The molecule has 2 rings (SSSR count). The minimum absolute atomic E-state index is 0.257. The molecule has 3 amide bonds. The number of carbonyl (C=O) groups excluding carboxylic acids is 2. The molecule has 0 aromatic carbocycles. The fraction of sp³-hybridized carbons (Fsp3) is 0.600. The van der Waals surface area contributed by atoms with Crippen molar-refractivity contribution in [3.8, 4) is 0 Å². The minimum Gasteiger partial charge on any atom is -0.302 e. The zero-order valence-corrected chi connectivity index (χ0v) is 10.1. The van der Waals surface area contributed by atoms with Crippen LogP contribution in [0, 0.1) is 0 Å². The Kier molecular flexibility index (Phi) is 2.60. The number of hydrogen-bond donors (Lipinski definition) is 1. The molecule has 0 saturated carbocycles. The Balaban J connectivity index is 2.28. The van der Waals surface area contributed by atoms with Gasteiger partial charge in [-0.15, -0.1) is 0 Å². The van der Waals surface area contributed by atoms with Crippen LogP contribution in [0.15, 0.2) is 6.33 Å². The van der Waals surface area contributed by atoms with Crippen LogP contribution in [0.5, 0.6) is 0 Å². The number of urea groups is 1. The molecule has 1 fully saturated rings. The largest absolute Gasteiger partial charge is 0.325 e. The first kappa shape index (κ1) is 11.6. The summed E-state index contributed by atoms with van der Waals surface area (Å²) in [5.41, 5.74) is -0.803. The molecule has 0 aliphatic carbocycles. The van der Waals surface area contributed by atoms with E-state index in [1.165, 1.54) is 11.2 Å². The molecule has 1 aliphatic rings. The Morgan fingerprint density at radius 3 is 2.71 bits per heavy atom. The molecule has 1 unspecified atom stereocenters. The van der Waals surface area contributed by atoms with Crippen molar-refractivity contribution in [3.63, 3.8) is 0 Å². The number of carbonyl (C=O) groups is 2. The lowest BCUT2D eigenvalue weighted by Gasteiger charge is -2.30. The summed E-state index contributed by atoms with van der Waals surface area (Å²) in [7, 11) is 1.75. The van der Waals surface area contributed by atoms with E-state index in [0.717, 1.165) is 0 Å². The highest BCUT2D eigenvalue weighted by Gasteiger charge is 2.48. The van der Waals surface area contributed by atoms with Crippen LogP contribution in [0.25, 0.3) is 0 Å². The molecule has 17 heavy (non-hydrogen) atoms. The highest BCUT2D eigenvalue weighted by Crippen LogP contribution is 2.26. The van der Waals surface area contributed by atoms with Gasteiger partial charge in [-0.25, -0.2) is 9.78 Å². The maximum Gasteiger partial charge on any atom is 0.325 e. The second kappa shape index (κ2) is 3.83. The van der Waals surface area contributed by atoms with Crippen molar-refractivity contribution in [1.82, 2.24) is 25.0 Å². The number of hydrogen-bond acceptors (Lipinski definition) is 4. The van der Waals surface area contributed by atoms with Crippen molar-refractivity contribution in [3.05, 3.63) is 12.2 Å². The van der Waals surface area contributed by atoms with Gasteiger partial charge in [0.05, 0.1) is 6.54 Å². The van der Waals surface area contributed by atoms with E-state index < -0.39 is 5.54 Å². The van der Waals surface area contributed by atoms with Crippen LogP contribution in [0.2, 0.25) is 0 Å². The predicted octanol–water partition coefficient (Wildman–Crippen LogP) is 0.0356. The normalized spacial score (nSPS) is 24.3. The van der Waals surface area contributed by atoms with Gasteiger partial charge in [-0.05, 0) is 13.3 Å². The average molecular weight is 237 g/mol. The van der Waals surface area contributed by atoms with Crippen LogP contribution in [-0.4, -0.2) is 37.1 Å². The highest BCUT2D eigenvalue weighted by atomic mass is 16.2. The molecular formula is C10H15N5O2. The van der Waals surface area contributed by atoms with E-state index in [4.69, 9.17) is 0 Å². The topological polar surface area (TPSA) is 80.1 Å². The molecule has 1 aromatic rings. The molecule has 2 heterocycles. The maximum absolute atomic E-state index is 11.7. The maximum atomic E-state index is 11.7. The standard InChI is InChI=1S/C10H15N5O2/c1-4-10(2)8(16)13-9(17)15(10)5-7-11-6-12-14(7)3/h6H,4-5H2,1-3H3,(H,13,16,17). The minimum atomic E-state index is -0.803. The average Bonchev–Trinajstić information content (AvgIpc) is 2.78. The lowest BCUT2D eigenvalue weighted by Crippen LogP contribution is -2.46. The molecule has 1 aliphatic heterocycles. The highest BCUT2D eigenvalue weighted by molar-refractivity contribution is 6.06. The molecule has 1 saturated heterocycles. The molecule has 1 atom stereocenters. The van der Waals surface area contributed by atoms with Gasteiger partial charge in [0.1, 0.15) is 17.7 Å². The first-order valence-electron chi connectivity index (χ1n) is 5.45. The molecule has 7 nitrogen and oxygen atoms in total. The lowest BCUT2D eigenvalue weighted by atomic mass is 9.97. The SMILES string of the molecule is CCC1(C)C(=O)NC(=O)N1Cc1ncnn1C. The number of amides is 3. The number of imide groups is 1. The van der Waals surface area contributed by atoms with Gasteiger partial charge in [-0.2, -0.15) is 5.10 Å². The van der Waals surface area contributed by atoms with Crippen molar-refractivity contribution in [1.29, 1.82) is 0 Å².